The van der Waals surface area contributed by atoms with Gasteiger partial charge in [0.15, 0.2) is 11.5 Å². The maximum absolute atomic E-state index is 13.1. The second kappa shape index (κ2) is 9.82. The number of para-hydroxylation sites is 1. The summed E-state index contributed by atoms with van der Waals surface area (Å²) in [6, 6.07) is 22.5. The molecule has 0 atom stereocenters. The number of aromatic nitrogens is 1. The SMILES string of the molecule is COc1ccc(C=NNC(=O)c2cc(-c3ccccc3)nc3ccccc23)c(OC)c1OC. The molecule has 0 aliphatic heterocycles. The summed E-state index contributed by atoms with van der Waals surface area (Å²) in [6.07, 6.45) is 1.50. The molecule has 33 heavy (non-hydrogen) atoms. The Morgan fingerprint density at radius 2 is 1.61 bits per heavy atom. The van der Waals surface area contributed by atoms with E-state index in [1.807, 2.05) is 54.6 Å². The lowest BCUT2D eigenvalue weighted by atomic mass is 10.0. The lowest BCUT2D eigenvalue weighted by molar-refractivity contribution is 0.0956. The van der Waals surface area contributed by atoms with Crippen LogP contribution in [0.5, 0.6) is 17.2 Å². The third-order valence-electron chi connectivity index (χ3n) is 5.13. The number of carbonyl (C=O) groups is 1. The summed E-state index contributed by atoms with van der Waals surface area (Å²) >= 11 is 0. The van der Waals surface area contributed by atoms with E-state index in [1.165, 1.54) is 20.4 Å². The topological polar surface area (TPSA) is 82.0 Å². The maximum Gasteiger partial charge on any atom is 0.272 e. The van der Waals surface area contributed by atoms with Crippen LogP contribution in [0, 0.1) is 0 Å². The van der Waals surface area contributed by atoms with Crippen molar-refractivity contribution in [3.05, 3.63) is 83.9 Å². The minimum atomic E-state index is -0.346. The van der Waals surface area contributed by atoms with Crippen molar-refractivity contribution in [3.8, 4) is 28.5 Å². The van der Waals surface area contributed by atoms with E-state index in [1.54, 1.807) is 25.3 Å². The Bertz CT molecular complexity index is 1320. The van der Waals surface area contributed by atoms with Gasteiger partial charge in [-0.3, -0.25) is 4.79 Å². The molecule has 166 valence electrons. The number of rotatable bonds is 7. The van der Waals surface area contributed by atoms with Crippen molar-refractivity contribution in [2.24, 2.45) is 5.10 Å². The number of ether oxygens (including phenoxy) is 3. The van der Waals surface area contributed by atoms with Crippen LogP contribution in [0.4, 0.5) is 0 Å². The normalized spacial score (nSPS) is 10.9. The Morgan fingerprint density at radius 1 is 0.879 bits per heavy atom. The highest BCUT2D eigenvalue weighted by Gasteiger charge is 2.16. The number of nitrogens with one attached hydrogen (secondary N) is 1. The highest BCUT2D eigenvalue weighted by Crippen LogP contribution is 2.39. The van der Waals surface area contributed by atoms with Gasteiger partial charge in [-0.05, 0) is 24.3 Å². The van der Waals surface area contributed by atoms with E-state index in [-0.39, 0.29) is 5.91 Å². The predicted molar refractivity (Wildman–Crippen MR) is 128 cm³/mol. The molecule has 0 aliphatic rings. The monoisotopic (exact) mass is 441 g/mol. The number of pyridine rings is 1. The number of hydrogen-bond donors (Lipinski definition) is 1. The van der Waals surface area contributed by atoms with Crippen molar-refractivity contribution in [3.63, 3.8) is 0 Å². The minimum Gasteiger partial charge on any atom is -0.493 e. The van der Waals surface area contributed by atoms with Gasteiger partial charge < -0.3 is 14.2 Å². The first-order valence-corrected chi connectivity index (χ1v) is 10.2. The summed E-state index contributed by atoms with van der Waals surface area (Å²) in [5, 5.41) is 4.89. The highest BCUT2D eigenvalue weighted by atomic mass is 16.5. The molecule has 7 nitrogen and oxygen atoms in total. The third-order valence-corrected chi connectivity index (χ3v) is 5.13. The van der Waals surface area contributed by atoms with Crippen molar-refractivity contribution in [2.75, 3.05) is 21.3 Å². The fraction of sp³-hybridized carbons (Fsp3) is 0.115. The van der Waals surface area contributed by atoms with Crippen molar-refractivity contribution in [1.82, 2.24) is 10.4 Å². The first kappa shape index (κ1) is 21.8. The summed E-state index contributed by atoms with van der Waals surface area (Å²) < 4.78 is 16.1. The zero-order chi connectivity index (χ0) is 23.2. The molecule has 0 saturated carbocycles. The van der Waals surface area contributed by atoms with Crippen LogP contribution in [-0.2, 0) is 0 Å². The molecule has 7 heteroatoms. The van der Waals surface area contributed by atoms with Gasteiger partial charge in [-0.15, -0.1) is 0 Å². The van der Waals surface area contributed by atoms with Crippen molar-refractivity contribution < 1.29 is 19.0 Å². The fourth-order valence-electron chi connectivity index (χ4n) is 3.57. The van der Waals surface area contributed by atoms with Crippen LogP contribution in [-0.4, -0.2) is 38.4 Å². The van der Waals surface area contributed by atoms with Gasteiger partial charge in [0, 0.05) is 16.5 Å². The minimum absolute atomic E-state index is 0.346. The Morgan fingerprint density at radius 3 is 2.33 bits per heavy atom. The Balaban J connectivity index is 1.66. The van der Waals surface area contributed by atoms with Crippen LogP contribution in [0.15, 0.2) is 77.9 Å². The predicted octanol–water partition coefficient (Wildman–Crippen LogP) is 4.69. The number of amides is 1. The molecular weight excluding hydrogens is 418 g/mol. The van der Waals surface area contributed by atoms with Gasteiger partial charge in [0.25, 0.3) is 5.91 Å². The van der Waals surface area contributed by atoms with Gasteiger partial charge in [0.05, 0.1) is 44.3 Å². The molecule has 1 N–H and O–H groups in total. The third kappa shape index (κ3) is 4.48. The lowest BCUT2D eigenvalue weighted by Crippen LogP contribution is -2.18. The van der Waals surface area contributed by atoms with Gasteiger partial charge in [0.2, 0.25) is 5.75 Å². The largest absolute Gasteiger partial charge is 0.493 e. The van der Waals surface area contributed by atoms with Crippen molar-refractivity contribution in [1.29, 1.82) is 0 Å². The smallest absolute Gasteiger partial charge is 0.272 e. The molecule has 0 radical (unpaired) electrons. The van der Waals surface area contributed by atoms with E-state index >= 15 is 0 Å². The Kier molecular flexibility index (Phi) is 6.50. The standard InChI is InChI=1S/C26H23N3O4/c1-31-23-14-13-18(24(32-2)25(23)33-3)16-27-29-26(30)20-15-22(17-9-5-4-6-10-17)28-21-12-8-7-11-19(20)21/h4-16H,1-3H3,(H,29,30). The van der Waals surface area contributed by atoms with Crippen LogP contribution in [0.2, 0.25) is 0 Å². The van der Waals surface area contributed by atoms with E-state index < -0.39 is 0 Å². The molecule has 0 spiro atoms. The molecule has 1 aromatic heterocycles. The molecule has 0 fully saturated rings. The van der Waals surface area contributed by atoms with Crippen molar-refractivity contribution in [2.45, 2.75) is 0 Å². The lowest BCUT2D eigenvalue weighted by Gasteiger charge is -2.13. The van der Waals surface area contributed by atoms with E-state index in [4.69, 9.17) is 19.2 Å². The summed E-state index contributed by atoms with van der Waals surface area (Å²) in [5.41, 5.74) is 6.09. The molecule has 1 heterocycles. The van der Waals surface area contributed by atoms with Gasteiger partial charge in [-0.25, -0.2) is 10.4 Å². The van der Waals surface area contributed by atoms with Gasteiger partial charge in [0.1, 0.15) is 0 Å². The first-order valence-electron chi connectivity index (χ1n) is 10.2. The molecule has 3 aromatic carbocycles. The molecule has 0 saturated heterocycles. The fourth-order valence-corrected chi connectivity index (χ4v) is 3.57. The summed E-state index contributed by atoms with van der Waals surface area (Å²) in [5.74, 6) is 1.09. The second-order valence-corrected chi connectivity index (χ2v) is 7.06. The molecule has 1 amide bonds. The summed E-state index contributed by atoms with van der Waals surface area (Å²) in [4.78, 5) is 17.8. The van der Waals surface area contributed by atoms with E-state index in [0.29, 0.717) is 34.1 Å². The van der Waals surface area contributed by atoms with Crippen molar-refractivity contribution >= 4 is 23.0 Å². The molecule has 0 aliphatic carbocycles. The number of fused-ring (bicyclic) bond motifs is 1. The Hall–Kier alpha value is -4.39. The number of nitrogens with zero attached hydrogens (tertiary/aromatic N) is 2. The average Bonchev–Trinajstić information content (AvgIpc) is 2.87. The van der Waals surface area contributed by atoms with Crippen LogP contribution < -0.4 is 19.6 Å². The molecule has 4 aromatic rings. The molecular formula is C26H23N3O4. The van der Waals surface area contributed by atoms with E-state index in [0.717, 1.165) is 16.5 Å². The first-order chi connectivity index (χ1) is 16.2. The Labute approximate surface area is 191 Å². The summed E-state index contributed by atoms with van der Waals surface area (Å²) in [7, 11) is 4.61. The maximum atomic E-state index is 13.1. The van der Waals surface area contributed by atoms with Crippen LogP contribution >= 0.6 is 0 Å². The number of hydrazone groups is 1. The van der Waals surface area contributed by atoms with Crippen LogP contribution in [0.3, 0.4) is 0 Å². The zero-order valence-corrected chi connectivity index (χ0v) is 18.5. The summed E-state index contributed by atoms with van der Waals surface area (Å²) in [6.45, 7) is 0. The van der Waals surface area contributed by atoms with E-state index in [2.05, 4.69) is 10.5 Å². The van der Waals surface area contributed by atoms with Gasteiger partial charge >= 0.3 is 0 Å². The van der Waals surface area contributed by atoms with Gasteiger partial charge in [-0.1, -0.05) is 48.5 Å². The average molecular weight is 441 g/mol. The zero-order valence-electron chi connectivity index (χ0n) is 18.5. The van der Waals surface area contributed by atoms with Gasteiger partial charge in [-0.2, -0.15) is 5.10 Å². The quantitative estimate of drug-likeness (QED) is 0.332. The molecule has 0 bridgehead atoms. The number of carbonyl (C=O) groups excluding carboxylic acids is 1. The van der Waals surface area contributed by atoms with E-state index in [9.17, 15) is 4.79 Å². The van der Waals surface area contributed by atoms with Crippen LogP contribution in [0.1, 0.15) is 15.9 Å². The number of methoxy groups -OCH3 is 3. The second-order valence-electron chi connectivity index (χ2n) is 7.06. The highest BCUT2D eigenvalue weighted by molar-refractivity contribution is 6.07. The number of hydrogen-bond acceptors (Lipinski definition) is 6. The molecule has 0 unspecified atom stereocenters. The number of benzene rings is 3. The molecule has 4 rings (SSSR count). The van der Waals surface area contributed by atoms with Crippen LogP contribution in [0.25, 0.3) is 22.2 Å².